The number of hydrogen-bond acceptors (Lipinski definition) is 3. The fourth-order valence-corrected chi connectivity index (χ4v) is 3.42. The van der Waals surface area contributed by atoms with Crippen molar-refractivity contribution in [2.45, 2.75) is 37.3 Å². The molecule has 1 atom stereocenters. The van der Waals surface area contributed by atoms with Crippen LogP contribution in [0.4, 0.5) is 0 Å². The van der Waals surface area contributed by atoms with Gasteiger partial charge in [0, 0.05) is 9.92 Å². The first-order valence-corrected chi connectivity index (χ1v) is 9.65. The summed E-state index contributed by atoms with van der Waals surface area (Å²) in [7, 11) is 0. The number of carbonyl (C=O) groups excluding carboxylic acids is 1. The monoisotopic (exact) mass is 377 g/mol. The maximum absolute atomic E-state index is 12.4. The average molecular weight is 378 g/mol. The van der Waals surface area contributed by atoms with Crippen LogP contribution in [0, 0.1) is 13.8 Å². The fourth-order valence-electron chi connectivity index (χ4n) is 2.31. The van der Waals surface area contributed by atoms with Crippen molar-refractivity contribution in [1.82, 2.24) is 5.32 Å². The van der Waals surface area contributed by atoms with Crippen LogP contribution in [0.2, 0.25) is 5.02 Å². The van der Waals surface area contributed by atoms with Crippen molar-refractivity contribution in [3.8, 4) is 5.75 Å². The molecule has 2 aromatic carbocycles. The zero-order valence-corrected chi connectivity index (χ0v) is 16.4. The first kappa shape index (κ1) is 19.7. The molecule has 0 heterocycles. The SMILES string of the molecule is CC[C@H](Sc1ccc(Cl)cc1)C(=O)NCCOc1cc(C)ccc1C. The summed E-state index contributed by atoms with van der Waals surface area (Å²) in [5.74, 6) is 0.906. The van der Waals surface area contributed by atoms with E-state index in [4.69, 9.17) is 16.3 Å². The predicted octanol–water partition coefficient (Wildman–Crippen LogP) is 5.02. The number of halogens is 1. The number of ether oxygens (including phenoxy) is 1. The Morgan fingerprint density at radius 2 is 1.92 bits per heavy atom. The molecule has 0 fully saturated rings. The highest BCUT2D eigenvalue weighted by Crippen LogP contribution is 2.26. The molecule has 2 rings (SSSR count). The number of nitrogens with one attached hydrogen (secondary N) is 1. The van der Waals surface area contributed by atoms with Gasteiger partial charge in [-0.1, -0.05) is 30.7 Å². The van der Waals surface area contributed by atoms with Gasteiger partial charge in [-0.15, -0.1) is 11.8 Å². The second-order valence-electron chi connectivity index (χ2n) is 5.88. The molecule has 1 N–H and O–H groups in total. The third-order valence-corrected chi connectivity index (χ3v) is 5.39. The molecule has 5 heteroatoms. The zero-order chi connectivity index (χ0) is 18.2. The van der Waals surface area contributed by atoms with Crippen LogP contribution in [0.1, 0.15) is 24.5 Å². The van der Waals surface area contributed by atoms with E-state index in [1.54, 1.807) is 11.8 Å². The van der Waals surface area contributed by atoms with E-state index in [1.165, 1.54) is 0 Å². The Labute approximate surface area is 159 Å². The topological polar surface area (TPSA) is 38.3 Å². The number of thioether (sulfide) groups is 1. The molecule has 0 bridgehead atoms. The molecule has 0 aromatic heterocycles. The van der Waals surface area contributed by atoms with Gasteiger partial charge in [-0.3, -0.25) is 4.79 Å². The van der Waals surface area contributed by atoms with Gasteiger partial charge in [0.2, 0.25) is 5.91 Å². The highest BCUT2D eigenvalue weighted by Gasteiger charge is 2.17. The molecule has 3 nitrogen and oxygen atoms in total. The smallest absolute Gasteiger partial charge is 0.233 e. The lowest BCUT2D eigenvalue weighted by molar-refractivity contribution is -0.120. The van der Waals surface area contributed by atoms with Gasteiger partial charge in [0.25, 0.3) is 0 Å². The van der Waals surface area contributed by atoms with Crippen LogP contribution >= 0.6 is 23.4 Å². The highest BCUT2D eigenvalue weighted by molar-refractivity contribution is 8.00. The Hall–Kier alpha value is -1.65. The quantitative estimate of drug-likeness (QED) is 0.518. The van der Waals surface area contributed by atoms with E-state index < -0.39 is 0 Å². The largest absolute Gasteiger partial charge is 0.491 e. The van der Waals surface area contributed by atoms with Gasteiger partial charge >= 0.3 is 0 Å². The maximum Gasteiger partial charge on any atom is 0.233 e. The first-order valence-electron chi connectivity index (χ1n) is 8.39. The lowest BCUT2D eigenvalue weighted by atomic mass is 10.1. The first-order chi connectivity index (χ1) is 12.0. The number of rotatable bonds is 8. The second-order valence-corrected chi connectivity index (χ2v) is 7.59. The Balaban J connectivity index is 1.79. The van der Waals surface area contributed by atoms with Gasteiger partial charge in [-0.2, -0.15) is 0 Å². The summed E-state index contributed by atoms with van der Waals surface area (Å²) in [5, 5.41) is 3.54. The van der Waals surface area contributed by atoms with Crippen molar-refractivity contribution in [3.05, 3.63) is 58.6 Å². The summed E-state index contributed by atoms with van der Waals surface area (Å²) in [6.45, 7) is 7.01. The molecular weight excluding hydrogens is 354 g/mol. The number of benzene rings is 2. The molecule has 0 unspecified atom stereocenters. The van der Waals surface area contributed by atoms with E-state index in [0.29, 0.717) is 18.2 Å². The summed E-state index contributed by atoms with van der Waals surface area (Å²) < 4.78 is 5.78. The fraction of sp³-hybridized carbons (Fsp3) is 0.350. The molecule has 0 saturated carbocycles. The standard InChI is InChI=1S/C20H24ClNO2S/c1-4-19(25-17-9-7-16(21)8-10-17)20(23)22-11-12-24-18-13-14(2)5-6-15(18)3/h5-10,13,19H,4,11-12H2,1-3H3,(H,22,23)/t19-/m0/s1. The van der Waals surface area contributed by atoms with Crippen molar-refractivity contribution in [1.29, 1.82) is 0 Å². The normalized spacial score (nSPS) is 11.8. The number of aryl methyl sites for hydroxylation is 2. The van der Waals surface area contributed by atoms with E-state index in [0.717, 1.165) is 28.2 Å². The van der Waals surface area contributed by atoms with Crippen LogP contribution in [-0.2, 0) is 4.79 Å². The Bertz CT molecular complexity index is 703. The molecule has 0 aliphatic carbocycles. The van der Waals surface area contributed by atoms with E-state index in [2.05, 4.69) is 11.4 Å². The molecule has 25 heavy (non-hydrogen) atoms. The minimum Gasteiger partial charge on any atom is -0.491 e. The molecule has 2 aromatic rings. The number of amides is 1. The molecule has 134 valence electrons. The van der Waals surface area contributed by atoms with Crippen LogP contribution in [0.25, 0.3) is 0 Å². The van der Waals surface area contributed by atoms with E-state index in [9.17, 15) is 4.79 Å². The minimum atomic E-state index is -0.123. The van der Waals surface area contributed by atoms with E-state index in [-0.39, 0.29) is 11.2 Å². The lowest BCUT2D eigenvalue weighted by Gasteiger charge is -2.15. The predicted molar refractivity (Wildman–Crippen MR) is 106 cm³/mol. The molecule has 1 amide bonds. The lowest BCUT2D eigenvalue weighted by Crippen LogP contribution is -2.35. The molecule has 0 aliphatic heterocycles. The van der Waals surface area contributed by atoms with Crippen LogP contribution in [-0.4, -0.2) is 24.3 Å². The van der Waals surface area contributed by atoms with Gasteiger partial charge in [0.05, 0.1) is 11.8 Å². The van der Waals surface area contributed by atoms with Crippen molar-refractivity contribution in [2.75, 3.05) is 13.2 Å². The molecule has 0 aliphatic rings. The van der Waals surface area contributed by atoms with Gasteiger partial charge in [-0.25, -0.2) is 0 Å². The van der Waals surface area contributed by atoms with Crippen molar-refractivity contribution >= 4 is 29.3 Å². The molecular formula is C20H24ClNO2S. The molecule has 0 saturated heterocycles. The van der Waals surface area contributed by atoms with Gasteiger partial charge in [0.15, 0.2) is 0 Å². The van der Waals surface area contributed by atoms with Crippen molar-refractivity contribution in [3.63, 3.8) is 0 Å². The summed E-state index contributed by atoms with van der Waals surface area (Å²) in [4.78, 5) is 13.4. The van der Waals surface area contributed by atoms with Crippen LogP contribution in [0.5, 0.6) is 5.75 Å². The summed E-state index contributed by atoms with van der Waals surface area (Å²) >= 11 is 7.45. The Kier molecular flexibility index (Phi) is 7.66. The average Bonchev–Trinajstić information content (AvgIpc) is 2.60. The van der Waals surface area contributed by atoms with Crippen LogP contribution < -0.4 is 10.1 Å². The third kappa shape index (κ3) is 6.29. The number of carbonyl (C=O) groups is 1. The Morgan fingerprint density at radius 3 is 2.60 bits per heavy atom. The minimum absolute atomic E-state index is 0.0343. The highest BCUT2D eigenvalue weighted by atomic mass is 35.5. The van der Waals surface area contributed by atoms with Crippen molar-refractivity contribution < 1.29 is 9.53 Å². The maximum atomic E-state index is 12.4. The summed E-state index contributed by atoms with van der Waals surface area (Å²) in [5.41, 5.74) is 2.26. The van der Waals surface area contributed by atoms with Crippen LogP contribution in [0.3, 0.4) is 0 Å². The zero-order valence-electron chi connectivity index (χ0n) is 14.8. The van der Waals surface area contributed by atoms with E-state index in [1.807, 2.05) is 57.2 Å². The molecule has 0 spiro atoms. The number of hydrogen-bond donors (Lipinski definition) is 1. The van der Waals surface area contributed by atoms with Crippen LogP contribution in [0.15, 0.2) is 47.4 Å². The van der Waals surface area contributed by atoms with Gasteiger partial charge in [-0.05, 0) is 61.7 Å². The van der Waals surface area contributed by atoms with Gasteiger partial charge in [0.1, 0.15) is 12.4 Å². The summed E-state index contributed by atoms with van der Waals surface area (Å²) in [6.07, 6.45) is 0.761. The molecule has 0 radical (unpaired) electrons. The summed E-state index contributed by atoms with van der Waals surface area (Å²) in [6, 6.07) is 13.7. The third-order valence-electron chi connectivity index (χ3n) is 3.76. The van der Waals surface area contributed by atoms with Crippen molar-refractivity contribution in [2.24, 2.45) is 0 Å². The van der Waals surface area contributed by atoms with E-state index >= 15 is 0 Å². The Morgan fingerprint density at radius 1 is 1.20 bits per heavy atom. The van der Waals surface area contributed by atoms with Gasteiger partial charge < -0.3 is 10.1 Å². The second kappa shape index (κ2) is 9.73.